The maximum atomic E-state index is 12.0. The van der Waals surface area contributed by atoms with Crippen molar-refractivity contribution in [2.24, 2.45) is 12.8 Å². The lowest BCUT2D eigenvalue weighted by Crippen LogP contribution is -2.40. The molecule has 5 heteroatoms. The monoisotopic (exact) mass is 210 g/mol. The highest BCUT2D eigenvalue weighted by Crippen LogP contribution is 2.06. The van der Waals surface area contributed by atoms with Crippen LogP contribution in [0.1, 0.15) is 24.2 Å². The van der Waals surface area contributed by atoms with Crippen molar-refractivity contribution in [3.63, 3.8) is 0 Å². The first-order valence-electron chi connectivity index (χ1n) is 5.06. The Morgan fingerprint density at radius 1 is 1.67 bits per heavy atom. The minimum Gasteiger partial charge on any atom is -0.335 e. The van der Waals surface area contributed by atoms with E-state index in [1.807, 2.05) is 13.8 Å². The van der Waals surface area contributed by atoms with Crippen LogP contribution in [0.25, 0.3) is 0 Å². The number of hydrogen-bond acceptors (Lipinski definition) is 3. The number of amides is 1. The quantitative estimate of drug-likeness (QED) is 0.773. The van der Waals surface area contributed by atoms with Crippen LogP contribution in [-0.2, 0) is 7.05 Å². The van der Waals surface area contributed by atoms with E-state index in [0.29, 0.717) is 18.7 Å². The van der Waals surface area contributed by atoms with Gasteiger partial charge in [0, 0.05) is 32.4 Å². The largest absolute Gasteiger partial charge is 0.335 e. The first-order valence-corrected chi connectivity index (χ1v) is 5.06. The fourth-order valence-corrected chi connectivity index (χ4v) is 1.43. The molecule has 84 valence electrons. The molecule has 0 aliphatic heterocycles. The molecule has 1 aromatic rings. The normalized spacial score (nSPS) is 10.7. The fourth-order valence-electron chi connectivity index (χ4n) is 1.43. The van der Waals surface area contributed by atoms with Gasteiger partial charge in [-0.15, -0.1) is 0 Å². The summed E-state index contributed by atoms with van der Waals surface area (Å²) in [7, 11) is 1.79. The molecule has 0 radical (unpaired) electrons. The van der Waals surface area contributed by atoms with Crippen LogP contribution in [0.2, 0.25) is 0 Å². The van der Waals surface area contributed by atoms with Gasteiger partial charge in [0.2, 0.25) is 0 Å². The van der Waals surface area contributed by atoms with Gasteiger partial charge < -0.3 is 10.6 Å². The number of nitrogens with zero attached hydrogens (tertiary/aromatic N) is 3. The van der Waals surface area contributed by atoms with Crippen LogP contribution in [0.3, 0.4) is 0 Å². The van der Waals surface area contributed by atoms with Crippen LogP contribution in [0.4, 0.5) is 0 Å². The average molecular weight is 210 g/mol. The number of aryl methyl sites for hydroxylation is 1. The van der Waals surface area contributed by atoms with E-state index in [9.17, 15) is 4.79 Å². The Balaban J connectivity index is 2.80. The SMILES string of the molecule is CC(C)N(CCN)C(=O)c1cnn(C)c1. The molecule has 0 unspecified atom stereocenters. The third-order valence-electron chi connectivity index (χ3n) is 2.21. The molecule has 0 aliphatic rings. The van der Waals surface area contributed by atoms with Gasteiger partial charge in [0.25, 0.3) is 5.91 Å². The number of carbonyl (C=O) groups is 1. The molecule has 15 heavy (non-hydrogen) atoms. The molecule has 1 rings (SSSR count). The van der Waals surface area contributed by atoms with Crippen molar-refractivity contribution in [1.29, 1.82) is 0 Å². The summed E-state index contributed by atoms with van der Waals surface area (Å²) < 4.78 is 1.62. The summed E-state index contributed by atoms with van der Waals surface area (Å²) in [6.07, 6.45) is 3.29. The summed E-state index contributed by atoms with van der Waals surface area (Å²) in [5.41, 5.74) is 6.08. The lowest BCUT2D eigenvalue weighted by molar-refractivity contribution is 0.0712. The van der Waals surface area contributed by atoms with Crippen LogP contribution in [0.5, 0.6) is 0 Å². The van der Waals surface area contributed by atoms with Crippen molar-refractivity contribution in [3.8, 4) is 0 Å². The first-order chi connectivity index (χ1) is 7.06. The summed E-state index contributed by atoms with van der Waals surface area (Å²) in [5.74, 6) is -0.0106. The highest BCUT2D eigenvalue weighted by Gasteiger charge is 2.18. The minimum atomic E-state index is -0.0106. The van der Waals surface area contributed by atoms with Gasteiger partial charge in [-0.1, -0.05) is 0 Å². The van der Waals surface area contributed by atoms with Gasteiger partial charge in [0.15, 0.2) is 0 Å². The number of hydrogen-bond donors (Lipinski definition) is 1. The van der Waals surface area contributed by atoms with Gasteiger partial charge in [-0.3, -0.25) is 9.48 Å². The van der Waals surface area contributed by atoms with Crippen LogP contribution in [0, 0.1) is 0 Å². The summed E-state index contributed by atoms with van der Waals surface area (Å²) in [5, 5.41) is 3.98. The number of carbonyl (C=O) groups excluding carboxylic acids is 1. The standard InChI is InChI=1S/C10H18N4O/c1-8(2)14(5-4-11)10(15)9-6-12-13(3)7-9/h6-8H,4-5,11H2,1-3H3. The Morgan fingerprint density at radius 3 is 2.73 bits per heavy atom. The number of aromatic nitrogens is 2. The third-order valence-corrected chi connectivity index (χ3v) is 2.21. The summed E-state index contributed by atoms with van der Waals surface area (Å²) >= 11 is 0. The zero-order valence-corrected chi connectivity index (χ0v) is 9.47. The lowest BCUT2D eigenvalue weighted by Gasteiger charge is -2.25. The van der Waals surface area contributed by atoms with E-state index in [2.05, 4.69) is 5.10 Å². The lowest BCUT2D eigenvalue weighted by atomic mass is 10.2. The maximum absolute atomic E-state index is 12.0. The van der Waals surface area contributed by atoms with Crippen LogP contribution in [0.15, 0.2) is 12.4 Å². The number of rotatable bonds is 4. The summed E-state index contributed by atoms with van der Waals surface area (Å²) in [6, 6.07) is 0.154. The van der Waals surface area contributed by atoms with Crippen molar-refractivity contribution in [2.45, 2.75) is 19.9 Å². The molecule has 0 aromatic carbocycles. The Kier molecular flexibility index (Phi) is 3.85. The van der Waals surface area contributed by atoms with E-state index in [1.54, 1.807) is 29.0 Å². The molecule has 0 fully saturated rings. The van der Waals surface area contributed by atoms with Crippen molar-refractivity contribution in [2.75, 3.05) is 13.1 Å². The van der Waals surface area contributed by atoms with E-state index in [1.165, 1.54) is 0 Å². The zero-order chi connectivity index (χ0) is 11.4. The van der Waals surface area contributed by atoms with Crippen molar-refractivity contribution in [1.82, 2.24) is 14.7 Å². The van der Waals surface area contributed by atoms with Gasteiger partial charge in [-0.25, -0.2) is 0 Å². The summed E-state index contributed by atoms with van der Waals surface area (Å²) in [4.78, 5) is 13.8. The Hall–Kier alpha value is -1.36. The van der Waals surface area contributed by atoms with Crippen LogP contribution < -0.4 is 5.73 Å². The second-order valence-corrected chi connectivity index (χ2v) is 3.78. The minimum absolute atomic E-state index is 0.0106. The molecule has 0 saturated heterocycles. The van der Waals surface area contributed by atoms with E-state index in [4.69, 9.17) is 5.73 Å². The molecule has 5 nitrogen and oxygen atoms in total. The van der Waals surface area contributed by atoms with Gasteiger partial charge >= 0.3 is 0 Å². The molecule has 2 N–H and O–H groups in total. The highest BCUT2D eigenvalue weighted by molar-refractivity contribution is 5.93. The average Bonchev–Trinajstić information content (AvgIpc) is 2.59. The molecule has 1 heterocycles. The second-order valence-electron chi connectivity index (χ2n) is 3.78. The van der Waals surface area contributed by atoms with E-state index in [0.717, 1.165) is 0 Å². The molecule has 0 bridgehead atoms. The fraction of sp³-hybridized carbons (Fsp3) is 0.600. The molecular weight excluding hydrogens is 192 g/mol. The summed E-state index contributed by atoms with van der Waals surface area (Å²) in [6.45, 7) is 5.00. The third kappa shape index (κ3) is 2.79. The smallest absolute Gasteiger partial charge is 0.257 e. The topological polar surface area (TPSA) is 64.2 Å². The first kappa shape index (κ1) is 11.7. The van der Waals surface area contributed by atoms with Gasteiger partial charge in [0.05, 0.1) is 11.8 Å². The van der Waals surface area contributed by atoms with Crippen molar-refractivity contribution < 1.29 is 4.79 Å². The molecule has 1 aromatic heterocycles. The molecule has 0 spiro atoms. The second kappa shape index (κ2) is 4.93. The molecular formula is C10H18N4O. The molecule has 1 amide bonds. The Morgan fingerprint density at radius 2 is 2.33 bits per heavy atom. The van der Waals surface area contributed by atoms with Gasteiger partial charge in [0.1, 0.15) is 0 Å². The van der Waals surface area contributed by atoms with Gasteiger partial charge in [-0.2, -0.15) is 5.10 Å². The Labute approximate surface area is 89.9 Å². The van der Waals surface area contributed by atoms with Crippen LogP contribution >= 0.6 is 0 Å². The van der Waals surface area contributed by atoms with Crippen LogP contribution in [-0.4, -0.2) is 39.7 Å². The maximum Gasteiger partial charge on any atom is 0.257 e. The van der Waals surface area contributed by atoms with E-state index >= 15 is 0 Å². The molecule has 0 atom stereocenters. The van der Waals surface area contributed by atoms with Gasteiger partial charge in [-0.05, 0) is 13.8 Å². The zero-order valence-electron chi connectivity index (χ0n) is 9.47. The van der Waals surface area contributed by atoms with Crippen molar-refractivity contribution in [3.05, 3.63) is 18.0 Å². The predicted octanol–water partition coefficient (Wildman–Crippen LogP) is 0.229. The number of nitrogens with two attached hydrogens (primary N) is 1. The van der Waals surface area contributed by atoms with E-state index in [-0.39, 0.29) is 11.9 Å². The highest BCUT2D eigenvalue weighted by atomic mass is 16.2. The van der Waals surface area contributed by atoms with E-state index < -0.39 is 0 Å². The predicted molar refractivity (Wildman–Crippen MR) is 58.4 cm³/mol. The van der Waals surface area contributed by atoms with Crippen molar-refractivity contribution >= 4 is 5.91 Å². The molecule has 0 saturated carbocycles. The molecule has 0 aliphatic carbocycles. The Bertz CT molecular complexity index is 332.